The van der Waals surface area contributed by atoms with Crippen molar-refractivity contribution < 1.29 is 38.2 Å². The third-order valence-electron chi connectivity index (χ3n) is 15.0. The Labute approximate surface area is 500 Å². The van der Waals surface area contributed by atoms with E-state index in [0.717, 1.165) is 75.5 Å². The summed E-state index contributed by atoms with van der Waals surface area (Å²) < 4.78 is 19.4. The van der Waals surface area contributed by atoms with E-state index in [1.54, 1.807) is 100 Å². The monoisotopic (exact) mass is 1180 g/mol. The van der Waals surface area contributed by atoms with Gasteiger partial charge in [-0.25, -0.2) is 19.7 Å². The fourth-order valence-corrected chi connectivity index (χ4v) is 11.1. The first-order valence-corrected chi connectivity index (χ1v) is 29.9. The van der Waals surface area contributed by atoms with E-state index in [1.165, 1.54) is 34.5 Å². The van der Waals surface area contributed by atoms with Crippen molar-refractivity contribution >= 4 is 58.3 Å². The number of hydrogen-bond acceptors (Lipinski definition) is 17. The molecule has 0 radical (unpaired) electrons. The minimum absolute atomic E-state index is 0.0427. The van der Waals surface area contributed by atoms with Gasteiger partial charge in [0.2, 0.25) is 17.6 Å². The highest BCUT2D eigenvalue weighted by atomic mass is 32.1. The van der Waals surface area contributed by atoms with E-state index < -0.39 is 29.7 Å². The number of likely N-dealkylation sites (N-methyl/N-ethyl adjacent to an activating group) is 2. The van der Waals surface area contributed by atoms with Crippen LogP contribution in [0.2, 0.25) is 0 Å². The maximum absolute atomic E-state index is 14.6. The number of rotatable bonds is 26. The summed E-state index contributed by atoms with van der Waals surface area (Å²) in [6.45, 7) is 9.31. The molecule has 5 N–H and O–H groups in total. The van der Waals surface area contributed by atoms with E-state index in [0.29, 0.717) is 76.5 Å². The average Bonchev–Trinajstić information content (AvgIpc) is 4.41. The Bertz CT molecular complexity index is 3270. The Hall–Kier alpha value is -8.60. The van der Waals surface area contributed by atoms with E-state index in [2.05, 4.69) is 41.2 Å². The fraction of sp³-hybridized carbons (Fsp3) is 0.452. The van der Waals surface area contributed by atoms with Crippen molar-refractivity contribution in [1.29, 1.82) is 10.8 Å². The van der Waals surface area contributed by atoms with E-state index in [4.69, 9.17) is 25.0 Å². The molecule has 4 heterocycles. The lowest BCUT2D eigenvalue weighted by Gasteiger charge is -2.36. The van der Waals surface area contributed by atoms with Crippen molar-refractivity contribution in [1.82, 2.24) is 55.3 Å². The maximum atomic E-state index is 14.6. The van der Waals surface area contributed by atoms with Gasteiger partial charge in [-0.1, -0.05) is 61.2 Å². The largest absolute Gasteiger partial charge is 0.494 e. The van der Waals surface area contributed by atoms with Gasteiger partial charge in [0, 0.05) is 62.9 Å². The van der Waals surface area contributed by atoms with Crippen LogP contribution in [-0.2, 0) is 34.0 Å². The molecule has 6 aromatic rings. The summed E-state index contributed by atoms with van der Waals surface area (Å²) in [7, 11) is 3.15. The second kappa shape index (κ2) is 29.8. The van der Waals surface area contributed by atoms with Gasteiger partial charge in [-0.2, -0.15) is 0 Å². The van der Waals surface area contributed by atoms with Gasteiger partial charge in [0.05, 0.1) is 30.3 Å². The van der Waals surface area contributed by atoms with Crippen molar-refractivity contribution in [2.24, 2.45) is 5.92 Å². The summed E-state index contributed by atoms with van der Waals surface area (Å²) >= 11 is 1.28. The quantitative estimate of drug-likeness (QED) is 0.0146. The first-order valence-electron chi connectivity index (χ1n) is 29.1. The van der Waals surface area contributed by atoms with E-state index in [9.17, 15) is 24.0 Å². The van der Waals surface area contributed by atoms with Gasteiger partial charge in [0.15, 0.2) is 5.84 Å². The zero-order valence-electron chi connectivity index (χ0n) is 49.3. The molecule has 4 amide bonds. The number of ketones is 1. The first-order chi connectivity index (χ1) is 40.9. The van der Waals surface area contributed by atoms with Crippen LogP contribution in [0.25, 0.3) is 0 Å². The zero-order valence-corrected chi connectivity index (χ0v) is 50.2. The number of thiazole rings is 1. The number of hydrogen-bond donors (Lipinski definition) is 5. The van der Waals surface area contributed by atoms with Crippen molar-refractivity contribution in [3.8, 4) is 11.5 Å². The van der Waals surface area contributed by atoms with Gasteiger partial charge in [0.1, 0.15) is 64.3 Å². The predicted molar refractivity (Wildman–Crippen MR) is 323 cm³/mol. The van der Waals surface area contributed by atoms with Crippen LogP contribution < -0.4 is 25.4 Å². The van der Waals surface area contributed by atoms with Crippen LogP contribution in [0.1, 0.15) is 152 Å². The molecule has 3 aromatic carbocycles. The lowest BCUT2D eigenvalue weighted by atomic mass is 9.83. The number of aromatic nitrogens is 6. The molecule has 0 spiro atoms. The number of amidine groups is 2. The number of nitrogens with one attached hydrogen (secondary N) is 5. The molecular weight excluding hydrogens is 1100 g/mol. The van der Waals surface area contributed by atoms with Gasteiger partial charge in [0.25, 0.3) is 5.91 Å². The van der Waals surface area contributed by atoms with Crippen LogP contribution in [0.4, 0.5) is 10.5 Å². The number of ether oxygens (including phenoxy) is 3. The number of nitrogens with zero attached hydrogens (tertiary/aromatic N) is 9. The molecule has 2 aliphatic rings. The molecule has 1 saturated heterocycles. The van der Waals surface area contributed by atoms with Crippen LogP contribution >= 0.6 is 11.3 Å². The van der Waals surface area contributed by atoms with Gasteiger partial charge in [-0.05, 0) is 133 Å². The predicted octanol–water partition coefficient (Wildman–Crippen LogP) is 9.23. The van der Waals surface area contributed by atoms with Crippen LogP contribution in [0.5, 0.6) is 11.5 Å². The van der Waals surface area contributed by atoms with Crippen LogP contribution in [0.15, 0.2) is 104 Å². The Morgan fingerprint density at radius 1 is 0.847 bits per heavy atom. The molecule has 8 rings (SSSR count). The Balaban J connectivity index is 0.732. The number of benzene rings is 3. The highest BCUT2D eigenvalue weighted by molar-refractivity contribution is 7.14. The number of amides is 4. The van der Waals surface area contributed by atoms with Gasteiger partial charge < -0.3 is 40.0 Å². The number of anilines is 1. The molecule has 2 fully saturated rings. The number of unbranched alkanes of at least 4 members (excludes halogenated alkanes) is 3. The normalized spacial score (nSPS) is 15.0. The van der Waals surface area contributed by atoms with Gasteiger partial charge in [-0.3, -0.25) is 39.6 Å². The highest BCUT2D eigenvalue weighted by Crippen LogP contribution is 2.37. The fourth-order valence-electron chi connectivity index (χ4n) is 10.1. The van der Waals surface area contributed by atoms with Crippen LogP contribution in [-0.4, -0.2) is 137 Å². The standard InChI is InChI=1S/C62H78N14O8S/c1-41(73(5)61(81)84-62(2,3)4)57(78)70-54(43-19-10-9-11-20-43)60(80)76-30-17-26-51(76)59-68-36-52(85-59)55(77)44-21-16-25-49(34-44)83-39-47-38-75(72-71-47)29-12-7-8-13-31-82-48-24-14-18-42(32-48)35-67-58(79)45-22-15-23-46(33-45)66-37-53(63)74(6)56(64)50-27-28-65-40-69-50/h14-16,18,21-25,27-28,32-34,36,38,40-41,43,51,54,63-64,66H,7-13,17,19-20,26,29-31,35,37,39H2,1-6H3,(H,67,79)(H,70,78)/t41?,51?,54-/m0/s1. The van der Waals surface area contributed by atoms with Crippen LogP contribution in [0.3, 0.4) is 0 Å². The van der Waals surface area contributed by atoms with E-state index in [1.807, 2.05) is 41.4 Å². The third-order valence-corrected chi connectivity index (χ3v) is 16.1. The smallest absolute Gasteiger partial charge is 0.410 e. The van der Waals surface area contributed by atoms with E-state index in [-0.39, 0.29) is 54.4 Å². The lowest BCUT2D eigenvalue weighted by Crippen LogP contribution is -2.56. The Kier molecular flexibility index (Phi) is 21.9. The van der Waals surface area contributed by atoms with Crippen molar-refractivity contribution in [3.05, 3.63) is 142 Å². The molecule has 1 saturated carbocycles. The summed E-state index contributed by atoms with van der Waals surface area (Å²) in [4.78, 5) is 85.7. The Morgan fingerprint density at radius 2 is 1.60 bits per heavy atom. The molecular formula is C62H78N14O8S. The Morgan fingerprint density at radius 3 is 2.38 bits per heavy atom. The first kappa shape index (κ1) is 62.4. The molecule has 2 unspecified atom stereocenters. The number of carbonyl (C=O) groups excluding carboxylic acids is 5. The molecule has 1 aliphatic heterocycles. The molecule has 3 atom stereocenters. The van der Waals surface area contributed by atoms with E-state index >= 15 is 0 Å². The summed E-state index contributed by atoms with van der Waals surface area (Å²) in [6, 6.07) is 21.4. The summed E-state index contributed by atoms with van der Waals surface area (Å²) in [6.07, 6.45) is 15.5. The second-order valence-electron chi connectivity index (χ2n) is 22.5. The number of aryl methyl sites for hydroxylation is 1. The minimum atomic E-state index is -0.869. The van der Waals surface area contributed by atoms with Gasteiger partial charge in [-0.15, -0.1) is 16.4 Å². The van der Waals surface area contributed by atoms with Crippen LogP contribution in [0, 0.1) is 16.7 Å². The molecule has 0 bridgehead atoms. The summed E-state index contributed by atoms with van der Waals surface area (Å²) in [5.74, 6) is 0.395. The second-order valence-corrected chi connectivity index (χ2v) is 23.6. The minimum Gasteiger partial charge on any atom is -0.494 e. The number of likely N-dealkylation sites (tertiary alicyclic amines) is 1. The average molecular weight is 1180 g/mol. The highest BCUT2D eigenvalue weighted by Gasteiger charge is 2.41. The molecule has 450 valence electrons. The van der Waals surface area contributed by atoms with Crippen molar-refractivity contribution in [2.75, 3.05) is 39.1 Å². The summed E-state index contributed by atoms with van der Waals surface area (Å²) in [5.41, 5.74) is 2.82. The maximum Gasteiger partial charge on any atom is 0.410 e. The summed E-state index contributed by atoms with van der Waals surface area (Å²) in [5, 5.41) is 35.2. The third kappa shape index (κ3) is 17.7. The van der Waals surface area contributed by atoms with Gasteiger partial charge >= 0.3 is 6.09 Å². The topological polar surface area (TPSA) is 276 Å². The van der Waals surface area contributed by atoms with Crippen molar-refractivity contribution in [3.63, 3.8) is 0 Å². The molecule has 1 aliphatic carbocycles. The van der Waals surface area contributed by atoms with Crippen molar-refractivity contribution in [2.45, 2.75) is 142 Å². The number of carbonyl (C=O) groups is 5. The zero-order chi connectivity index (χ0) is 60.5. The molecule has 23 heteroatoms. The SMILES string of the molecule is CC(C(=O)N[C@H](C(=O)N1CCCC1c1ncc(C(=O)c2cccc(OCc3cn(CCCCCCOc4cccc(CNC(=O)c5cccc(NCC(=N)N(C)C(=N)c6ccncn6)c5)c4)nn3)c2)s1)C1CCCCC1)N(C)C(=O)OC(C)(C)C. The molecule has 3 aromatic heterocycles. The lowest BCUT2D eigenvalue weighted by molar-refractivity contribution is -0.140. The molecule has 85 heavy (non-hydrogen) atoms. The molecule has 22 nitrogen and oxygen atoms in total.